The van der Waals surface area contributed by atoms with Gasteiger partial charge in [0.2, 0.25) is 5.76 Å². The van der Waals surface area contributed by atoms with Crippen LogP contribution in [0.15, 0.2) is 30.5 Å². The normalized spacial score (nSPS) is 9.50. The number of benzene rings is 1. The van der Waals surface area contributed by atoms with E-state index in [4.69, 9.17) is 14.9 Å². The number of hydrogen-bond donors (Lipinski definition) is 3. The van der Waals surface area contributed by atoms with Gasteiger partial charge in [0.1, 0.15) is 5.56 Å². The predicted molar refractivity (Wildman–Crippen MR) is 52.5 cm³/mol. The molecule has 0 aliphatic carbocycles. The van der Waals surface area contributed by atoms with Crippen molar-refractivity contribution in [3.8, 4) is 11.5 Å². The molecule has 0 radical (unpaired) electrons. The van der Waals surface area contributed by atoms with E-state index in [2.05, 4.69) is 6.58 Å². The molecule has 0 heterocycles. The summed E-state index contributed by atoms with van der Waals surface area (Å²) in [5.41, 5.74) is -0.379. The summed E-state index contributed by atoms with van der Waals surface area (Å²) in [6.45, 7) is 3.08. The highest BCUT2D eigenvalue weighted by atomic mass is 16.5. The van der Waals surface area contributed by atoms with Gasteiger partial charge in [0, 0.05) is 0 Å². The molecule has 3 N–H and O–H groups in total. The number of ether oxygens (including phenoxy) is 1. The molecule has 6 heteroatoms. The lowest BCUT2D eigenvalue weighted by atomic mass is 10.2. The molecular weight excluding hydrogens is 216 g/mol. The Morgan fingerprint density at radius 1 is 1.25 bits per heavy atom. The second-order valence-electron chi connectivity index (χ2n) is 2.79. The van der Waals surface area contributed by atoms with Gasteiger partial charge in [-0.1, -0.05) is 6.07 Å². The van der Waals surface area contributed by atoms with Crippen LogP contribution in [0.5, 0.6) is 11.5 Å². The van der Waals surface area contributed by atoms with Gasteiger partial charge in [-0.2, -0.15) is 0 Å². The minimum absolute atomic E-state index is 0.271. The minimum Gasteiger partial charge on any atom is -0.504 e. The Labute approximate surface area is 90.0 Å². The van der Waals surface area contributed by atoms with E-state index in [9.17, 15) is 14.7 Å². The van der Waals surface area contributed by atoms with E-state index in [1.54, 1.807) is 0 Å². The lowest BCUT2D eigenvalue weighted by Crippen LogP contribution is -2.07. The zero-order valence-electron chi connectivity index (χ0n) is 8.01. The molecule has 1 aromatic rings. The van der Waals surface area contributed by atoms with Crippen LogP contribution in [0.3, 0.4) is 0 Å². The fraction of sp³-hybridized carbons (Fsp3) is 0. The molecule has 0 saturated heterocycles. The third-order valence-corrected chi connectivity index (χ3v) is 1.70. The number of para-hydroxylation sites is 1. The summed E-state index contributed by atoms with van der Waals surface area (Å²) in [6.07, 6.45) is 0. The number of aliphatic carboxylic acids is 1. The van der Waals surface area contributed by atoms with Gasteiger partial charge in [-0.25, -0.2) is 9.59 Å². The highest BCUT2D eigenvalue weighted by Gasteiger charge is 2.16. The molecular formula is C10H8O6. The Bertz CT molecular complexity index is 462. The monoisotopic (exact) mass is 224 g/mol. The molecule has 6 nitrogen and oxygen atoms in total. The smallest absolute Gasteiger partial charge is 0.371 e. The van der Waals surface area contributed by atoms with Gasteiger partial charge in [-0.3, -0.25) is 0 Å². The van der Waals surface area contributed by atoms with E-state index in [1.165, 1.54) is 12.1 Å². The summed E-state index contributed by atoms with van der Waals surface area (Å²) in [4.78, 5) is 21.1. The Kier molecular flexibility index (Phi) is 3.14. The van der Waals surface area contributed by atoms with Crippen LogP contribution in [-0.2, 0) is 4.79 Å². The van der Waals surface area contributed by atoms with Crippen LogP contribution in [0.4, 0.5) is 0 Å². The molecule has 1 aromatic carbocycles. The summed E-state index contributed by atoms with van der Waals surface area (Å²) in [5, 5.41) is 26.6. The molecule has 0 unspecified atom stereocenters. The van der Waals surface area contributed by atoms with Crippen LogP contribution in [0.2, 0.25) is 0 Å². The summed E-state index contributed by atoms with van der Waals surface area (Å²) >= 11 is 0. The second-order valence-corrected chi connectivity index (χ2v) is 2.79. The number of phenols is 1. The lowest BCUT2D eigenvalue weighted by molar-refractivity contribution is -0.135. The van der Waals surface area contributed by atoms with Gasteiger partial charge in [0.25, 0.3) is 0 Å². The van der Waals surface area contributed by atoms with Crippen molar-refractivity contribution >= 4 is 11.9 Å². The average Bonchev–Trinajstić information content (AvgIpc) is 2.20. The third kappa shape index (κ3) is 2.30. The highest BCUT2D eigenvalue weighted by molar-refractivity contribution is 5.92. The summed E-state index contributed by atoms with van der Waals surface area (Å²) in [5.74, 6) is -4.27. The molecule has 0 amide bonds. The van der Waals surface area contributed by atoms with Crippen LogP contribution >= 0.6 is 0 Å². The van der Waals surface area contributed by atoms with Crippen molar-refractivity contribution in [1.82, 2.24) is 0 Å². The molecule has 0 bridgehead atoms. The van der Waals surface area contributed by atoms with Crippen molar-refractivity contribution in [1.29, 1.82) is 0 Å². The first kappa shape index (κ1) is 11.6. The average molecular weight is 224 g/mol. The molecule has 1 rings (SSSR count). The first-order valence-corrected chi connectivity index (χ1v) is 4.08. The minimum atomic E-state index is -1.40. The van der Waals surface area contributed by atoms with Crippen molar-refractivity contribution in [3.63, 3.8) is 0 Å². The Morgan fingerprint density at radius 3 is 2.38 bits per heavy atom. The largest absolute Gasteiger partial charge is 0.504 e. The van der Waals surface area contributed by atoms with E-state index >= 15 is 0 Å². The fourth-order valence-corrected chi connectivity index (χ4v) is 0.954. The van der Waals surface area contributed by atoms with Gasteiger partial charge >= 0.3 is 11.9 Å². The maximum atomic E-state index is 10.6. The van der Waals surface area contributed by atoms with Gasteiger partial charge in [0.15, 0.2) is 11.5 Å². The predicted octanol–water partition coefficient (Wildman–Crippen LogP) is 1.07. The zero-order chi connectivity index (χ0) is 12.3. The highest BCUT2D eigenvalue weighted by Crippen LogP contribution is 2.30. The maximum absolute atomic E-state index is 10.6. The van der Waals surface area contributed by atoms with Crippen LogP contribution in [0.1, 0.15) is 10.4 Å². The number of aromatic hydroxyl groups is 1. The van der Waals surface area contributed by atoms with Gasteiger partial charge in [-0.05, 0) is 18.7 Å². The van der Waals surface area contributed by atoms with Gasteiger partial charge in [0.05, 0.1) is 0 Å². The van der Waals surface area contributed by atoms with Crippen molar-refractivity contribution in [2.75, 3.05) is 0 Å². The number of hydrogen-bond acceptors (Lipinski definition) is 4. The van der Waals surface area contributed by atoms with Crippen molar-refractivity contribution in [3.05, 3.63) is 36.1 Å². The number of aromatic carboxylic acids is 1. The summed E-state index contributed by atoms with van der Waals surface area (Å²) in [6, 6.07) is 3.71. The van der Waals surface area contributed by atoms with E-state index < -0.39 is 23.4 Å². The molecule has 0 fully saturated rings. The number of rotatable bonds is 4. The van der Waals surface area contributed by atoms with E-state index in [1.807, 2.05) is 0 Å². The fourth-order valence-electron chi connectivity index (χ4n) is 0.954. The van der Waals surface area contributed by atoms with Crippen LogP contribution in [-0.4, -0.2) is 27.3 Å². The van der Waals surface area contributed by atoms with Gasteiger partial charge in [-0.15, -0.1) is 0 Å². The second kappa shape index (κ2) is 4.35. The Hall–Kier alpha value is -2.50. The first-order valence-electron chi connectivity index (χ1n) is 4.08. The van der Waals surface area contributed by atoms with Crippen molar-refractivity contribution < 1.29 is 29.6 Å². The lowest BCUT2D eigenvalue weighted by Gasteiger charge is -2.08. The molecule has 16 heavy (non-hydrogen) atoms. The molecule has 0 atom stereocenters. The number of carboxylic acids is 2. The molecule has 0 aliphatic rings. The number of carboxylic acid groups (broad SMARTS) is 2. The van der Waals surface area contributed by atoms with Crippen LogP contribution in [0, 0.1) is 0 Å². The maximum Gasteiger partial charge on any atom is 0.371 e. The molecule has 0 saturated carbocycles. The first-order chi connectivity index (χ1) is 7.43. The topological polar surface area (TPSA) is 104 Å². The molecule has 0 aromatic heterocycles. The number of carbonyl (C=O) groups is 2. The SMILES string of the molecule is C=C(Oc1cccc(C(=O)O)c1O)C(=O)O. The third-order valence-electron chi connectivity index (χ3n) is 1.70. The van der Waals surface area contributed by atoms with E-state index in [0.717, 1.165) is 6.07 Å². The van der Waals surface area contributed by atoms with Crippen molar-refractivity contribution in [2.24, 2.45) is 0 Å². The molecule has 0 spiro atoms. The van der Waals surface area contributed by atoms with Crippen LogP contribution < -0.4 is 4.74 Å². The summed E-state index contributed by atoms with van der Waals surface area (Å²) < 4.78 is 4.69. The van der Waals surface area contributed by atoms with E-state index in [-0.39, 0.29) is 11.3 Å². The van der Waals surface area contributed by atoms with Crippen LogP contribution in [0.25, 0.3) is 0 Å². The van der Waals surface area contributed by atoms with Gasteiger partial charge < -0.3 is 20.1 Å². The van der Waals surface area contributed by atoms with E-state index in [0.29, 0.717) is 0 Å². The van der Waals surface area contributed by atoms with Crippen molar-refractivity contribution in [2.45, 2.75) is 0 Å². The molecule has 0 aliphatic heterocycles. The zero-order valence-corrected chi connectivity index (χ0v) is 8.01. The molecule has 84 valence electrons. The standard InChI is InChI=1S/C10H8O6/c1-5(9(12)13)16-7-4-2-3-6(8(7)11)10(14)15/h2-4,11H,1H2,(H,12,13)(H,14,15). The summed E-state index contributed by atoms with van der Waals surface area (Å²) in [7, 11) is 0. The quantitative estimate of drug-likeness (QED) is 0.522. The Morgan fingerprint density at radius 2 is 1.88 bits per heavy atom. The Balaban J connectivity index is 3.07.